The number of hydrogen-bond donors (Lipinski definition) is 0. The molecule has 0 unspecified atom stereocenters. The highest BCUT2D eigenvalue weighted by Crippen LogP contribution is 2.21. The van der Waals surface area contributed by atoms with Gasteiger partial charge >= 0.3 is 0 Å². The molecule has 0 aliphatic heterocycles. The van der Waals surface area contributed by atoms with Crippen LogP contribution in [0, 0.1) is 17.7 Å². The van der Waals surface area contributed by atoms with Gasteiger partial charge < -0.3 is 0 Å². The summed E-state index contributed by atoms with van der Waals surface area (Å²) in [6, 6.07) is 12.9. The third-order valence-electron chi connectivity index (χ3n) is 1.97. The van der Waals surface area contributed by atoms with Crippen molar-refractivity contribution < 1.29 is 8.78 Å². The molecule has 0 heterocycles. The molecule has 0 saturated heterocycles. The first-order valence-corrected chi connectivity index (χ1v) is 4.19. The molecule has 2 aromatic carbocycles. The monoisotopic (exact) mass is 189 g/mol. The van der Waals surface area contributed by atoms with Gasteiger partial charge in [0.1, 0.15) is 11.6 Å². The fourth-order valence-corrected chi connectivity index (χ4v) is 1.26. The van der Waals surface area contributed by atoms with Gasteiger partial charge in [-0.25, -0.2) is 8.78 Å². The van der Waals surface area contributed by atoms with E-state index in [9.17, 15) is 8.78 Å². The topological polar surface area (TPSA) is 0 Å². The number of hydrogen-bond acceptors (Lipinski definition) is 0. The fourth-order valence-electron chi connectivity index (χ4n) is 1.26. The first-order chi connectivity index (χ1) is 6.77. The SMILES string of the molecule is Fc1ccc(-c2c[c]ccc2F)cc1. The molecule has 0 aliphatic rings. The maximum atomic E-state index is 13.3. The second-order valence-electron chi connectivity index (χ2n) is 2.91. The molecular weight excluding hydrogens is 182 g/mol. The van der Waals surface area contributed by atoms with Gasteiger partial charge in [-0.15, -0.1) is 0 Å². The summed E-state index contributed by atoms with van der Waals surface area (Å²) in [5, 5.41) is 0. The molecule has 14 heavy (non-hydrogen) atoms. The van der Waals surface area contributed by atoms with Gasteiger partial charge in [-0.1, -0.05) is 18.2 Å². The molecule has 1 radical (unpaired) electrons. The average Bonchev–Trinajstić information content (AvgIpc) is 2.20. The molecule has 0 amide bonds. The molecular formula is C12H7F2. The van der Waals surface area contributed by atoms with Crippen LogP contribution in [0.1, 0.15) is 0 Å². The van der Waals surface area contributed by atoms with E-state index in [1.54, 1.807) is 18.2 Å². The van der Waals surface area contributed by atoms with Crippen molar-refractivity contribution in [3.05, 3.63) is 60.2 Å². The van der Waals surface area contributed by atoms with Crippen LogP contribution in [0.25, 0.3) is 11.1 Å². The lowest BCUT2D eigenvalue weighted by Gasteiger charge is -2.01. The van der Waals surface area contributed by atoms with E-state index in [-0.39, 0.29) is 11.6 Å². The molecule has 0 spiro atoms. The summed E-state index contributed by atoms with van der Waals surface area (Å²) in [6.07, 6.45) is 0. The molecule has 0 saturated carbocycles. The summed E-state index contributed by atoms with van der Waals surface area (Å²) in [6.45, 7) is 0. The Labute approximate surface area is 80.8 Å². The largest absolute Gasteiger partial charge is 0.207 e. The normalized spacial score (nSPS) is 10.1. The summed E-state index contributed by atoms with van der Waals surface area (Å²) in [5.41, 5.74) is 1.09. The third-order valence-corrected chi connectivity index (χ3v) is 1.97. The van der Waals surface area contributed by atoms with E-state index in [2.05, 4.69) is 6.07 Å². The Bertz CT molecular complexity index is 432. The molecule has 0 atom stereocenters. The van der Waals surface area contributed by atoms with E-state index in [1.807, 2.05) is 0 Å². The van der Waals surface area contributed by atoms with Crippen molar-refractivity contribution in [1.82, 2.24) is 0 Å². The highest BCUT2D eigenvalue weighted by Gasteiger charge is 2.02. The predicted octanol–water partition coefficient (Wildman–Crippen LogP) is 3.43. The van der Waals surface area contributed by atoms with Crippen LogP contribution in [-0.4, -0.2) is 0 Å². The molecule has 0 fully saturated rings. The van der Waals surface area contributed by atoms with Gasteiger partial charge in [0.15, 0.2) is 0 Å². The van der Waals surface area contributed by atoms with E-state index in [0.717, 1.165) is 0 Å². The zero-order chi connectivity index (χ0) is 9.97. The Balaban J connectivity index is 2.50. The zero-order valence-electron chi connectivity index (χ0n) is 7.30. The van der Waals surface area contributed by atoms with Crippen LogP contribution in [0.4, 0.5) is 8.78 Å². The highest BCUT2D eigenvalue weighted by molar-refractivity contribution is 5.63. The van der Waals surface area contributed by atoms with Gasteiger partial charge in [0.2, 0.25) is 0 Å². The molecule has 69 valence electrons. The second kappa shape index (κ2) is 3.58. The minimum Gasteiger partial charge on any atom is -0.207 e. The summed E-state index contributed by atoms with van der Waals surface area (Å²) in [5.74, 6) is -0.649. The smallest absolute Gasteiger partial charge is 0.131 e. The lowest BCUT2D eigenvalue weighted by molar-refractivity contribution is 0.625. The van der Waals surface area contributed by atoms with Gasteiger partial charge in [0.25, 0.3) is 0 Å². The Morgan fingerprint density at radius 2 is 1.64 bits per heavy atom. The highest BCUT2D eigenvalue weighted by atomic mass is 19.1. The van der Waals surface area contributed by atoms with E-state index in [4.69, 9.17) is 0 Å². The van der Waals surface area contributed by atoms with Gasteiger partial charge in [0.05, 0.1) is 0 Å². The van der Waals surface area contributed by atoms with Gasteiger partial charge in [-0.2, -0.15) is 0 Å². The van der Waals surface area contributed by atoms with Crippen LogP contribution in [0.5, 0.6) is 0 Å². The minimum absolute atomic E-state index is 0.324. The quantitative estimate of drug-likeness (QED) is 0.644. The predicted molar refractivity (Wildman–Crippen MR) is 50.6 cm³/mol. The van der Waals surface area contributed by atoms with Crippen molar-refractivity contribution in [3.8, 4) is 11.1 Å². The van der Waals surface area contributed by atoms with E-state index in [1.165, 1.54) is 24.3 Å². The van der Waals surface area contributed by atoms with Gasteiger partial charge in [-0.3, -0.25) is 0 Å². The number of halogens is 2. The summed E-state index contributed by atoms with van der Waals surface area (Å²) < 4.78 is 25.9. The van der Waals surface area contributed by atoms with E-state index >= 15 is 0 Å². The van der Waals surface area contributed by atoms with Crippen molar-refractivity contribution in [2.45, 2.75) is 0 Å². The molecule has 2 rings (SSSR count). The second-order valence-corrected chi connectivity index (χ2v) is 2.91. The van der Waals surface area contributed by atoms with E-state index < -0.39 is 0 Å². The first kappa shape index (κ1) is 8.88. The lowest BCUT2D eigenvalue weighted by atomic mass is 10.1. The van der Waals surface area contributed by atoms with Gasteiger partial charge in [0, 0.05) is 5.56 Å². The Morgan fingerprint density at radius 3 is 2.29 bits per heavy atom. The van der Waals surface area contributed by atoms with Crippen molar-refractivity contribution in [3.63, 3.8) is 0 Å². The number of rotatable bonds is 1. The molecule has 0 N–H and O–H groups in total. The van der Waals surface area contributed by atoms with Crippen molar-refractivity contribution in [2.24, 2.45) is 0 Å². The van der Waals surface area contributed by atoms with Crippen molar-refractivity contribution in [1.29, 1.82) is 0 Å². The van der Waals surface area contributed by atoms with Gasteiger partial charge in [-0.05, 0) is 35.9 Å². The Morgan fingerprint density at radius 1 is 0.929 bits per heavy atom. The summed E-state index contributed by atoms with van der Waals surface area (Å²) in [7, 11) is 0. The van der Waals surface area contributed by atoms with Crippen LogP contribution >= 0.6 is 0 Å². The fraction of sp³-hybridized carbons (Fsp3) is 0. The molecule has 0 aliphatic carbocycles. The number of benzene rings is 2. The zero-order valence-corrected chi connectivity index (χ0v) is 7.30. The molecule has 2 heteroatoms. The van der Waals surface area contributed by atoms with Crippen LogP contribution in [0.15, 0.2) is 42.5 Å². The first-order valence-electron chi connectivity index (χ1n) is 4.19. The van der Waals surface area contributed by atoms with Crippen LogP contribution in [0.2, 0.25) is 0 Å². The summed E-state index contributed by atoms with van der Waals surface area (Å²) in [4.78, 5) is 0. The third kappa shape index (κ3) is 1.64. The van der Waals surface area contributed by atoms with Crippen molar-refractivity contribution >= 4 is 0 Å². The maximum Gasteiger partial charge on any atom is 0.131 e. The molecule has 0 aromatic heterocycles. The Hall–Kier alpha value is -1.70. The molecule has 0 nitrogen and oxygen atoms in total. The average molecular weight is 189 g/mol. The maximum absolute atomic E-state index is 13.3. The molecule has 2 aromatic rings. The van der Waals surface area contributed by atoms with E-state index in [0.29, 0.717) is 11.1 Å². The molecule has 0 bridgehead atoms. The van der Waals surface area contributed by atoms with Crippen LogP contribution in [0.3, 0.4) is 0 Å². The van der Waals surface area contributed by atoms with Crippen molar-refractivity contribution in [2.75, 3.05) is 0 Å². The summed E-state index contributed by atoms with van der Waals surface area (Å²) >= 11 is 0. The van der Waals surface area contributed by atoms with Crippen LogP contribution in [-0.2, 0) is 0 Å². The Kier molecular flexibility index (Phi) is 2.27. The van der Waals surface area contributed by atoms with Crippen LogP contribution < -0.4 is 0 Å². The minimum atomic E-state index is -0.325. The standard InChI is InChI=1S/C12H7F2/c13-10-7-5-9(6-8-10)11-3-1-2-4-12(11)14/h2-8H. The lowest BCUT2D eigenvalue weighted by Crippen LogP contribution is -1.83.